The van der Waals surface area contributed by atoms with Crippen molar-refractivity contribution in [3.63, 3.8) is 0 Å². The standard InChI is InChI=1S/C14H20N4O2/c15-12-5-4-11(16-17-12)13(19)18-8-7-14(20)6-2-1-3-10(14)9-18/h4-5,10,20H,1-3,6-9H2,(H2,15,17). The van der Waals surface area contributed by atoms with Crippen molar-refractivity contribution in [3.8, 4) is 0 Å². The molecule has 0 bridgehead atoms. The molecule has 1 saturated heterocycles. The number of carbonyl (C=O) groups is 1. The topological polar surface area (TPSA) is 92.3 Å². The van der Waals surface area contributed by atoms with Crippen LogP contribution in [0.2, 0.25) is 0 Å². The average Bonchev–Trinajstić information content (AvgIpc) is 2.46. The zero-order chi connectivity index (χ0) is 14.2. The third kappa shape index (κ3) is 2.35. The Labute approximate surface area is 118 Å². The van der Waals surface area contributed by atoms with Gasteiger partial charge in [0, 0.05) is 19.0 Å². The van der Waals surface area contributed by atoms with Crippen molar-refractivity contribution in [1.82, 2.24) is 15.1 Å². The minimum Gasteiger partial charge on any atom is -0.389 e. The highest BCUT2D eigenvalue weighted by molar-refractivity contribution is 5.92. The zero-order valence-electron chi connectivity index (χ0n) is 11.5. The monoisotopic (exact) mass is 276 g/mol. The minimum atomic E-state index is -0.568. The van der Waals surface area contributed by atoms with E-state index in [1.54, 1.807) is 17.0 Å². The van der Waals surface area contributed by atoms with Crippen molar-refractivity contribution >= 4 is 11.7 Å². The van der Waals surface area contributed by atoms with Crippen LogP contribution < -0.4 is 5.73 Å². The molecule has 1 amide bonds. The molecule has 108 valence electrons. The summed E-state index contributed by atoms with van der Waals surface area (Å²) in [4.78, 5) is 14.2. The lowest BCUT2D eigenvalue weighted by Crippen LogP contribution is -2.54. The highest BCUT2D eigenvalue weighted by Crippen LogP contribution is 2.39. The van der Waals surface area contributed by atoms with Gasteiger partial charge in [0.05, 0.1) is 5.60 Å². The molecule has 2 fully saturated rings. The molecule has 20 heavy (non-hydrogen) atoms. The average molecular weight is 276 g/mol. The van der Waals surface area contributed by atoms with Crippen molar-refractivity contribution in [1.29, 1.82) is 0 Å². The maximum atomic E-state index is 12.4. The van der Waals surface area contributed by atoms with Crippen LogP contribution in [0.3, 0.4) is 0 Å². The Balaban J connectivity index is 1.72. The van der Waals surface area contributed by atoms with Crippen LogP contribution in [-0.2, 0) is 0 Å². The number of likely N-dealkylation sites (tertiary alicyclic amines) is 1. The molecule has 1 aromatic heterocycles. The van der Waals surface area contributed by atoms with E-state index in [0.717, 1.165) is 25.7 Å². The number of anilines is 1. The SMILES string of the molecule is Nc1ccc(C(=O)N2CCC3(O)CCCCC3C2)nn1. The Morgan fingerprint density at radius 2 is 2.20 bits per heavy atom. The van der Waals surface area contributed by atoms with Crippen LogP contribution in [0.4, 0.5) is 5.82 Å². The molecule has 0 radical (unpaired) electrons. The van der Waals surface area contributed by atoms with Crippen molar-refractivity contribution in [2.24, 2.45) is 5.92 Å². The van der Waals surface area contributed by atoms with E-state index in [-0.39, 0.29) is 11.8 Å². The number of piperidine rings is 1. The van der Waals surface area contributed by atoms with E-state index >= 15 is 0 Å². The fraction of sp³-hybridized carbons (Fsp3) is 0.643. The van der Waals surface area contributed by atoms with Crippen molar-refractivity contribution < 1.29 is 9.90 Å². The van der Waals surface area contributed by atoms with E-state index in [1.807, 2.05) is 0 Å². The number of aliphatic hydroxyl groups is 1. The number of rotatable bonds is 1. The summed E-state index contributed by atoms with van der Waals surface area (Å²) in [5.41, 5.74) is 5.23. The molecule has 2 unspecified atom stereocenters. The molecular formula is C14H20N4O2. The van der Waals surface area contributed by atoms with Gasteiger partial charge in [-0.15, -0.1) is 10.2 Å². The van der Waals surface area contributed by atoms with E-state index < -0.39 is 5.60 Å². The number of hydrogen-bond acceptors (Lipinski definition) is 5. The number of carbonyl (C=O) groups excluding carboxylic acids is 1. The van der Waals surface area contributed by atoms with Crippen molar-refractivity contribution in [2.45, 2.75) is 37.7 Å². The van der Waals surface area contributed by atoms with Crippen LogP contribution in [0.5, 0.6) is 0 Å². The molecule has 2 heterocycles. The fourth-order valence-corrected chi connectivity index (χ4v) is 3.37. The Hall–Kier alpha value is -1.69. The molecule has 1 aliphatic carbocycles. The molecule has 1 aromatic rings. The summed E-state index contributed by atoms with van der Waals surface area (Å²) in [5, 5.41) is 18.2. The summed E-state index contributed by atoms with van der Waals surface area (Å²) in [7, 11) is 0. The Morgan fingerprint density at radius 3 is 2.95 bits per heavy atom. The van der Waals surface area contributed by atoms with Gasteiger partial charge in [-0.05, 0) is 31.4 Å². The second kappa shape index (κ2) is 5.01. The molecule has 1 aliphatic heterocycles. The van der Waals surface area contributed by atoms with Gasteiger partial charge in [0.15, 0.2) is 5.69 Å². The van der Waals surface area contributed by atoms with Crippen molar-refractivity contribution in [3.05, 3.63) is 17.8 Å². The molecule has 0 spiro atoms. The van der Waals surface area contributed by atoms with Gasteiger partial charge in [0.2, 0.25) is 0 Å². The summed E-state index contributed by atoms with van der Waals surface area (Å²) in [6.07, 6.45) is 4.74. The Morgan fingerprint density at radius 1 is 1.35 bits per heavy atom. The molecule has 3 rings (SSSR count). The highest BCUT2D eigenvalue weighted by atomic mass is 16.3. The first-order valence-electron chi connectivity index (χ1n) is 7.19. The van der Waals surface area contributed by atoms with Gasteiger partial charge >= 0.3 is 0 Å². The summed E-state index contributed by atoms with van der Waals surface area (Å²) in [6, 6.07) is 3.19. The van der Waals surface area contributed by atoms with Crippen LogP contribution in [0.15, 0.2) is 12.1 Å². The van der Waals surface area contributed by atoms with Crippen LogP contribution in [0.25, 0.3) is 0 Å². The molecule has 1 saturated carbocycles. The van der Waals surface area contributed by atoms with Crippen LogP contribution in [0, 0.1) is 5.92 Å². The van der Waals surface area contributed by atoms with Crippen LogP contribution >= 0.6 is 0 Å². The Kier molecular flexibility index (Phi) is 3.33. The molecule has 6 nitrogen and oxygen atoms in total. The van der Waals surface area contributed by atoms with E-state index in [2.05, 4.69) is 10.2 Å². The first kappa shape index (κ1) is 13.3. The third-order valence-corrected chi connectivity index (χ3v) is 4.62. The number of hydrogen-bond donors (Lipinski definition) is 2. The van der Waals surface area contributed by atoms with Gasteiger partial charge in [0.1, 0.15) is 5.82 Å². The second-order valence-corrected chi connectivity index (χ2v) is 5.89. The summed E-state index contributed by atoms with van der Waals surface area (Å²) in [5.74, 6) is 0.377. The van der Waals surface area contributed by atoms with E-state index in [9.17, 15) is 9.90 Å². The lowest BCUT2D eigenvalue weighted by molar-refractivity contribution is -0.0886. The first-order valence-corrected chi connectivity index (χ1v) is 7.19. The molecule has 2 aliphatic rings. The van der Waals surface area contributed by atoms with Gasteiger partial charge in [-0.3, -0.25) is 4.79 Å². The maximum Gasteiger partial charge on any atom is 0.274 e. The maximum absolute atomic E-state index is 12.4. The smallest absolute Gasteiger partial charge is 0.274 e. The van der Waals surface area contributed by atoms with Gasteiger partial charge < -0.3 is 15.7 Å². The third-order valence-electron chi connectivity index (χ3n) is 4.62. The molecule has 6 heteroatoms. The van der Waals surface area contributed by atoms with Gasteiger partial charge in [-0.25, -0.2) is 0 Å². The number of nitrogens with zero attached hydrogens (tertiary/aromatic N) is 3. The lowest BCUT2D eigenvalue weighted by atomic mass is 9.71. The normalized spacial score (nSPS) is 29.9. The van der Waals surface area contributed by atoms with E-state index in [4.69, 9.17) is 5.73 Å². The number of aromatic nitrogens is 2. The predicted octanol–water partition coefficient (Wildman–Crippen LogP) is 0.826. The molecule has 2 atom stereocenters. The minimum absolute atomic E-state index is 0.120. The quantitative estimate of drug-likeness (QED) is 0.792. The fourth-order valence-electron chi connectivity index (χ4n) is 3.37. The van der Waals surface area contributed by atoms with Crippen LogP contribution in [-0.4, -0.2) is 44.8 Å². The zero-order valence-corrected chi connectivity index (χ0v) is 11.5. The number of nitrogen functional groups attached to an aromatic ring is 1. The number of amides is 1. The molecular weight excluding hydrogens is 256 g/mol. The molecule has 3 N–H and O–H groups in total. The van der Waals surface area contributed by atoms with Gasteiger partial charge in [-0.1, -0.05) is 12.8 Å². The highest BCUT2D eigenvalue weighted by Gasteiger charge is 2.43. The van der Waals surface area contributed by atoms with Gasteiger partial charge in [-0.2, -0.15) is 0 Å². The van der Waals surface area contributed by atoms with E-state index in [1.165, 1.54) is 0 Å². The first-order chi connectivity index (χ1) is 9.58. The second-order valence-electron chi connectivity index (χ2n) is 5.89. The summed E-state index contributed by atoms with van der Waals surface area (Å²) < 4.78 is 0. The summed E-state index contributed by atoms with van der Waals surface area (Å²) >= 11 is 0. The molecule has 0 aromatic carbocycles. The predicted molar refractivity (Wildman–Crippen MR) is 73.9 cm³/mol. The lowest BCUT2D eigenvalue weighted by Gasteiger charge is -2.47. The van der Waals surface area contributed by atoms with E-state index in [0.29, 0.717) is 31.0 Å². The van der Waals surface area contributed by atoms with Gasteiger partial charge in [0.25, 0.3) is 5.91 Å². The van der Waals surface area contributed by atoms with Crippen LogP contribution in [0.1, 0.15) is 42.6 Å². The largest absolute Gasteiger partial charge is 0.389 e. The number of fused-ring (bicyclic) bond motifs is 1. The Bertz CT molecular complexity index is 504. The van der Waals surface area contributed by atoms with Crippen molar-refractivity contribution in [2.75, 3.05) is 18.8 Å². The number of nitrogens with two attached hydrogens (primary N) is 1. The summed E-state index contributed by atoms with van der Waals surface area (Å²) in [6.45, 7) is 1.19.